The average molecular weight is 273 g/mol. The van der Waals surface area contributed by atoms with Crippen LogP contribution in [0.4, 0.5) is 5.82 Å². The number of hydrogen-bond acceptors (Lipinski definition) is 3. The Morgan fingerprint density at radius 1 is 1.60 bits per heavy atom. The van der Waals surface area contributed by atoms with E-state index >= 15 is 0 Å². The quantitative estimate of drug-likeness (QED) is 0.837. The Morgan fingerprint density at radius 2 is 2.40 bits per heavy atom. The van der Waals surface area contributed by atoms with Crippen LogP contribution in [0.15, 0.2) is 22.8 Å². The number of amides is 1. The number of pyridine rings is 1. The molecule has 4 nitrogen and oxygen atoms in total. The molecule has 0 spiro atoms. The topological polar surface area (TPSA) is 51.2 Å². The summed E-state index contributed by atoms with van der Waals surface area (Å²) < 4.78 is 5.96. The number of halogens is 1. The first-order valence-electron chi connectivity index (χ1n) is 4.71. The van der Waals surface area contributed by atoms with Gasteiger partial charge in [0, 0.05) is 17.3 Å². The molecule has 0 atom stereocenters. The zero-order valence-electron chi connectivity index (χ0n) is 8.50. The highest BCUT2D eigenvalue weighted by atomic mass is 79.9. The van der Waals surface area contributed by atoms with Crippen LogP contribution < -0.4 is 5.32 Å². The van der Waals surface area contributed by atoms with Gasteiger partial charge in [0.2, 0.25) is 5.91 Å². The van der Waals surface area contributed by atoms with Gasteiger partial charge in [-0.05, 0) is 35.0 Å². The van der Waals surface area contributed by atoms with Gasteiger partial charge in [0.15, 0.2) is 0 Å². The van der Waals surface area contributed by atoms with Gasteiger partial charge in [-0.1, -0.05) is 0 Å². The minimum atomic E-state index is -0.0849. The first-order chi connectivity index (χ1) is 7.22. The first kappa shape index (κ1) is 12.1. The third kappa shape index (κ3) is 4.90. The number of ether oxygens (including phenoxy) is 1. The largest absolute Gasteiger partial charge is 0.381 e. The summed E-state index contributed by atoms with van der Waals surface area (Å²) in [5, 5.41) is 2.68. The smallest absolute Gasteiger partial charge is 0.227 e. The molecule has 1 aromatic heterocycles. The van der Waals surface area contributed by atoms with Crippen molar-refractivity contribution in [3.8, 4) is 0 Å². The molecule has 1 amide bonds. The van der Waals surface area contributed by atoms with Gasteiger partial charge in [-0.25, -0.2) is 4.98 Å². The van der Waals surface area contributed by atoms with E-state index in [1.165, 1.54) is 0 Å². The van der Waals surface area contributed by atoms with Crippen LogP contribution >= 0.6 is 15.9 Å². The van der Waals surface area contributed by atoms with E-state index in [9.17, 15) is 4.79 Å². The van der Waals surface area contributed by atoms with Gasteiger partial charge in [0.05, 0.1) is 13.0 Å². The SMILES string of the molecule is CCOCCC(=O)Nc1ccc(Br)cn1. The van der Waals surface area contributed by atoms with E-state index in [2.05, 4.69) is 26.2 Å². The fourth-order valence-electron chi connectivity index (χ4n) is 0.964. The third-order valence-corrected chi connectivity index (χ3v) is 2.14. The third-order valence-electron chi connectivity index (χ3n) is 1.67. The minimum Gasteiger partial charge on any atom is -0.381 e. The molecule has 1 aromatic rings. The van der Waals surface area contributed by atoms with Crippen LogP contribution in [-0.2, 0) is 9.53 Å². The van der Waals surface area contributed by atoms with Crippen LogP contribution in [0.5, 0.6) is 0 Å². The van der Waals surface area contributed by atoms with Crippen molar-refractivity contribution in [2.75, 3.05) is 18.5 Å². The number of carbonyl (C=O) groups is 1. The highest BCUT2D eigenvalue weighted by Crippen LogP contribution is 2.10. The van der Waals surface area contributed by atoms with Crippen molar-refractivity contribution in [3.05, 3.63) is 22.8 Å². The van der Waals surface area contributed by atoms with Gasteiger partial charge in [-0.2, -0.15) is 0 Å². The monoisotopic (exact) mass is 272 g/mol. The molecule has 0 radical (unpaired) electrons. The van der Waals surface area contributed by atoms with E-state index in [1.807, 2.05) is 13.0 Å². The predicted molar refractivity (Wildman–Crippen MR) is 61.7 cm³/mol. The number of nitrogens with one attached hydrogen (secondary N) is 1. The number of rotatable bonds is 5. The summed E-state index contributed by atoms with van der Waals surface area (Å²) in [6.45, 7) is 2.97. The summed E-state index contributed by atoms with van der Waals surface area (Å²) in [6, 6.07) is 3.56. The molecule has 0 aliphatic heterocycles. The molecule has 0 fully saturated rings. The van der Waals surface area contributed by atoms with E-state index in [0.29, 0.717) is 25.5 Å². The second-order valence-electron chi connectivity index (χ2n) is 2.86. The van der Waals surface area contributed by atoms with Gasteiger partial charge in [-0.3, -0.25) is 4.79 Å². The molecule has 0 aromatic carbocycles. The van der Waals surface area contributed by atoms with Crippen molar-refractivity contribution < 1.29 is 9.53 Å². The Balaban J connectivity index is 2.34. The molecule has 0 aliphatic rings. The van der Waals surface area contributed by atoms with E-state index in [4.69, 9.17) is 4.74 Å². The Kier molecular flexibility index (Phi) is 5.28. The van der Waals surface area contributed by atoms with Gasteiger partial charge in [-0.15, -0.1) is 0 Å². The summed E-state index contributed by atoms with van der Waals surface area (Å²) >= 11 is 3.27. The fraction of sp³-hybridized carbons (Fsp3) is 0.400. The van der Waals surface area contributed by atoms with Gasteiger partial charge < -0.3 is 10.1 Å². The molecule has 0 saturated heterocycles. The number of aromatic nitrogens is 1. The number of nitrogens with zero attached hydrogens (tertiary/aromatic N) is 1. The molecule has 1 N–H and O–H groups in total. The Bertz CT molecular complexity index is 314. The van der Waals surface area contributed by atoms with Crippen molar-refractivity contribution in [2.45, 2.75) is 13.3 Å². The highest BCUT2D eigenvalue weighted by Gasteiger charge is 2.02. The number of anilines is 1. The lowest BCUT2D eigenvalue weighted by Crippen LogP contribution is -2.14. The summed E-state index contributed by atoms with van der Waals surface area (Å²) in [5.41, 5.74) is 0. The maximum atomic E-state index is 11.3. The standard InChI is InChI=1S/C10H13BrN2O2/c1-2-15-6-5-10(14)13-9-4-3-8(11)7-12-9/h3-4,7H,2,5-6H2,1H3,(H,12,13,14). The van der Waals surface area contributed by atoms with Crippen molar-refractivity contribution >= 4 is 27.7 Å². The van der Waals surface area contributed by atoms with Crippen LogP contribution in [0.1, 0.15) is 13.3 Å². The molecule has 0 unspecified atom stereocenters. The number of hydrogen-bond donors (Lipinski definition) is 1. The fourth-order valence-corrected chi connectivity index (χ4v) is 1.20. The zero-order valence-corrected chi connectivity index (χ0v) is 10.1. The van der Waals surface area contributed by atoms with E-state index in [-0.39, 0.29) is 5.91 Å². The molecular formula is C10H13BrN2O2. The van der Waals surface area contributed by atoms with E-state index < -0.39 is 0 Å². The van der Waals surface area contributed by atoms with Crippen molar-refractivity contribution in [2.24, 2.45) is 0 Å². The number of carbonyl (C=O) groups excluding carboxylic acids is 1. The van der Waals surface area contributed by atoms with Crippen molar-refractivity contribution in [1.82, 2.24) is 4.98 Å². The summed E-state index contributed by atoms with van der Waals surface area (Å²) in [4.78, 5) is 15.4. The predicted octanol–water partition coefficient (Wildman–Crippen LogP) is 2.21. The second-order valence-corrected chi connectivity index (χ2v) is 3.77. The molecule has 0 aliphatic carbocycles. The van der Waals surface area contributed by atoms with Crippen LogP contribution in [0.3, 0.4) is 0 Å². The maximum absolute atomic E-state index is 11.3. The maximum Gasteiger partial charge on any atom is 0.227 e. The molecule has 5 heteroatoms. The van der Waals surface area contributed by atoms with Crippen molar-refractivity contribution in [3.63, 3.8) is 0 Å². The normalized spacial score (nSPS) is 10.0. The summed E-state index contributed by atoms with van der Waals surface area (Å²) in [7, 11) is 0. The Morgan fingerprint density at radius 3 is 3.00 bits per heavy atom. The van der Waals surface area contributed by atoms with E-state index in [1.54, 1.807) is 12.3 Å². The van der Waals surface area contributed by atoms with Gasteiger partial charge >= 0.3 is 0 Å². The lowest BCUT2D eigenvalue weighted by molar-refractivity contribution is -0.117. The Labute approximate surface area is 97.2 Å². The molecule has 0 saturated carbocycles. The second kappa shape index (κ2) is 6.53. The molecule has 82 valence electrons. The van der Waals surface area contributed by atoms with Gasteiger partial charge in [0.1, 0.15) is 5.82 Å². The molecule has 1 rings (SSSR count). The van der Waals surface area contributed by atoms with Crippen LogP contribution in [0.25, 0.3) is 0 Å². The summed E-state index contributed by atoms with van der Waals surface area (Å²) in [6.07, 6.45) is 1.99. The Hall–Kier alpha value is -0.940. The highest BCUT2D eigenvalue weighted by molar-refractivity contribution is 9.10. The minimum absolute atomic E-state index is 0.0849. The van der Waals surface area contributed by atoms with Crippen LogP contribution in [-0.4, -0.2) is 24.1 Å². The molecule has 15 heavy (non-hydrogen) atoms. The lowest BCUT2D eigenvalue weighted by Gasteiger charge is -2.04. The molecule has 1 heterocycles. The summed E-state index contributed by atoms with van der Waals surface area (Å²) in [5.74, 6) is 0.470. The lowest BCUT2D eigenvalue weighted by atomic mass is 10.4. The van der Waals surface area contributed by atoms with Crippen molar-refractivity contribution in [1.29, 1.82) is 0 Å². The van der Waals surface area contributed by atoms with Crippen LogP contribution in [0, 0.1) is 0 Å². The zero-order chi connectivity index (χ0) is 11.1. The molecular weight excluding hydrogens is 260 g/mol. The van der Waals surface area contributed by atoms with Gasteiger partial charge in [0.25, 0.3) is 0 Å². The molecule has 0 bridgehead atoms. The first-order valence-corrected chi connectivity index (χ1v) is 5.51. The van der Waals surface area contributed by atoms with Crippen LogP contribution in [0.2, 0.25) is 0 Å². The average Bonchev–Trinajstić information content (AvgIpc) is 2.22. The van der Waals surface area contributed by atoms with E-state index in [0.717, 1.165) is 4.47 Å².